The predicted octanol–water partition coefficient (Wildman–Crippen LogP) is 0.555. The molecule has 3 amide bonds. The number of aliphatic hydroxyl groups is 1. The molecule has 21 heavy (non-hydrogen) atoms. The molecular weight excluding hydrogens is 276 g/mol. The average molecular weight is 294 g/mol. The highest BCUT2D eigenvalue weighted by Crippen LogP contribution is 2.12. The van der Waals surface area contributed by atoms with Gasteiger partial charge in [0.2, 0.25) is 0 Å². The van der Waals surface area contributed by atoms with E-state index < -0.39 is 24.0 Å². The Balaban J connectivity index is 2.80. The lowest BCUT2D eigenvalue weighted by atomic mass is 10.1. The number of benzene rings is 1. The largest absolute Gasteiger partial charge is 0.448 e. The predicted molar refractivity (Wildman–Crippen MR) is 74.1 cm³/mol. The van der Waals surface area contributed by atoms with Crippen molar-refractivity contribution in [2.24, 2.45) is 11.7 Å². The topological polar surface area (TPSA) is 119 Å². The molecule has 0 aliphatic heterocycles. The van der Waals surface area contributed by atoms with Crippen LogP contribution in [-0.4, -0.2) is 29.1 Å². The van der Waals surface area contributed by atoms with Crippen LogP contribution in [-0.2, 0) is 16.1 Å². The van der Waals surface area contributed by atoms with Gasteiger partial charge in [-0.2, -0.15) is 0 Å². The van der Waals surface area contributed by atoms with Crippen LogP contribution in [0.4, 0.5) is 4.79 Å². The summed E-state index contributed by atoms with van der Waals surface area (Å²) in [4.78, 5) is 34.4. The second-order valence-corrected chi connectivity index (χ2v) is 4.78. The second-order valence-electron chi connectivity index (χ2n) is 4.78. The third-order valence-corrected chi connectivity index (χ3v) is 2.72. The molecule has 0 aliphatic rings. The van der Waals surface area contributed by atoms with Crippen LogP contribution in [0.15, 0.2) is 24.3 Å². The summed E-state index contributed by atoms with van der Waals surface area (Å²) in [6, 6.07) is 5.11. The van der Waals surface area contributed by atoms with Gasteiger partial charge in [-0.1, -0.05) is 26.0 Å². The normalized spacial score (nSPS) is 11.8. The summed E-state index contributed by atoms with van der Waals surface area (Å²) in [5.74, 6) is -1.79. The van der Waals surface area contributed by atoms with E-state index in [-0.39, 0.29) is 18.1 Å². The third kappa shape index (κ3) is 4.88. The molecule has 0 bridgehead atoms. The summed E-state index contributed by atoms with van der Waals surface area (Å²) in [5.41, 5.74) is 5.76. The van der Waals surface area contributed by atoms with Gasteiger partial charge in [-0.05, 0) is 23.6 Å². The fraction of sp³-hybridized carbons (Fsp3) is 0.357. The van der Waals surface area contributed by atoms with Gasteiger partial charge in [0.1, 0.15) is 0 Å². The van der Waals surface area contributed by atoms with Gasteiger partial charge in [0.05, 0.1) is 12.2 Å². The number of hydrogen-bond donors (Lipinski definition) is 3. The standard InChI is InChI=1S/C14H18N2O5/c1-8(2)11(12(18)16-14(15)20)21-13(19)10-5-3-9(7-17)4-6-10/h3-6,8,11,17H,7H2,1-2H3,(H3,15,16,18,20)/t11-/m1/s1. The maximum Gasteiger partial charge on any atom is 0.338 e. The first kappa shape index (κ1) is 16.6. The van der Waals surface area contributed by atoms with Crippen molar-refractivity contribution in [2.75, 3.05) is 0 Å². The molecular formula is C14H18N2O5. The van der Waals surface area contributed by atoms with E-state index in [1.165, 1.54) is 12.1 Å². The maximum absolute atomic E-state index is 12.0. The molecule has 1 atom stereocenters. The first-order valence-electron chi connectivity index (χ1n) is 6.36. The van der Waals surface area contributed by atoms with Gasteiger partial charge < -0.3 is 15.6 Å². The van der Waals surface area contributed by atoms with Crippen LogP contribution in [0.1, 0.15) is 29.8 Å². The Morgan fingerprint density at radius 3 is 2.24 bits per heavy atom. The number of hydrogen-bond acceptors (Lipinski definition) is 5. The van der Waals surface area contributed by atoms with Crippen LogP contribution in [0.3, 0.4) is 0 Å². The molecule has 4 N–H and O–H groups in total. The molecule has 0 saturated carbocycles. The van der Waals surface area contributed by atoms with Crippen molar-refractivity contribution in [2.45, 2.75) is 26.6 Å². The van der Waals surface area contributed by atoms with E-state index in [0.717, 1.165) is 0 Å². The summed E-state index contributed by atoms with van der Waals surface area (Å²) in [6.07, 6.45) is -1.12. The zero-order valence-electron chi connectivity index (χ0n) is 11.8. The van der Waals surface area contributed by atoms with Gasteiger partial charge in [0, 0.05) is 0 Å². The lowest BCUT2D eigenvalue weighted by molar-refractivity contribution is -0.130. The number of urea groups is 1. The highest BCUT2D eigenvalue weighted by atomic mass is 16.5. The van der Waals surface area contributed by atoms with E-state index in [9.17, 15) is 14.4 Å². The van der Waals surface area contributed by atoms with Crippen molar-refractivity contribution in [1.82, 2.24) is 5.32 Å². The minimum absolute atomic E-state index is 0.134. The van der Waals surface area contributed by atoms with Gasteiger partial charge in [0.15, 0.2) is 6.10 Å². The Kier molecular flexibility index (Phi) is 5.86. The summed E-state index contributed by atoms with van der Waals surface area (Å²) < 4.78 is 5.11. The van der Waals surface area contributed by atoms with Crippen molar-refractivity contribution >= 4 is 17.9 Å². The Bertz CT molecular complexity index is 525. The molecule has 114 valence electrons. The van der Waals surface area contributed by atoms with Crippen LogP contribution in [0.5, 0.6) is 0 Å². The molecule has 1 rings (SSSR count). The van der Waals surface area contributed by atoms with Gasteiger partial charge >= 0.3 is 12.0 Å². The number of carbonyl (C=O) groups excluding carboxylic acids is 3. The minimum Gasteiger partial charge on any atom is -0.448 e. The monoisotopic (exact) mass is 294 g/mol. The molecule has 0 saturated heterocycles. The smallest absolute Gasteiger partial charge is 0.338 e. The van der Waals surface area contributed by atoms with Gasteiger partial charge in [-0.25, -0.2) is 9.59 Å². The molecule has 0 radical (unpaired) electrons. The molecule has 1 aromatic carbocycles. The highest BCUT2D eigenvalue weighted by molar-refractivity contribution is 5.98. The van der Waals surface area contributed by atoms with E-state index in [0.29, 0.717) is 5.56 Å². The lowest BCUT2D eigenvalue weighted by Crippen LogP contribution is -2.45. The number of ether oxygens (including phenoxy) is 1. The number of carbonyl (C=O) groups is 3. The Hall–Kier alpha value is -2.41. The molecule has 0 aromatic heterocycles. The molecule has 0 heterocycles. The van der Waals surface area contributed by atoms with Crippen molar-refractivity contribution in [1.29, 1.82) is 0 Å². The molecule has 1 aromatic rings. The molecule has 0 unspecified atom stereocenters. The second kappa shape index (κ2) is 7.39. The summed E-state index contributed by atoms with van der Waals surface area (Å²) in [6.45, 7) is 3.21. The first-order chi connectivity index (χ1) is 9.85. The number of nitrogens with one attached hydrogen (secondary N) is 1. The summed E-state index contributed by atoms with van der Waals surface area (Å²) in [5, 5.41) is 10.8. The number of imide groups is 1. The molecule has 0 fully saturated rings. The van der Waals surface area contributed by atoms with Crippen molar-refractivity contribution in [3.05, 3.63) is 35.4 Å². The van der Waals surface area contributed by atoms with E-state index in [2.05, 4.69) is 0 Å². The minimum atomic E-state index is -1.12. The van der Waals surface area contributed by atoms with Gasteiger partial charge in [0.25, 0.3) is 5.91 Å². The number of amides is 3. The number of aliphatic hydroxyl groups excluding tert-OH is 1. The number of nitrogens with two attached hydrogens (primary N) is 1. The SMILES string of the molecule is CC(C)[C@@H](OC(=O)c1ccc(CO)cc1)C(=O)NC(N)=O. The number of rotatable bonds is 5. The maximum atomic E-state index is 12.0. The Morgan fingerprint density at radius 1 is 1.24 bits per heavy atom. The summed E-state index contributed by atoms with van der Waals surface area (Å²) >= 11 is 0. The quantitative estimate of drug-likeness (QED) is 0.685. The zero-order chi connectivity index (χ0) is 16.0. The van der Waals surface area contributed by atoms with E-state index in [4.69, 9.17) is 15.6 Å². The fourth-order valence-corrected chi connectivity index (χ4v) is 1.61. The number of primary amides is 1. The highest BCUT2D eigenvalue weighted by Gasteiger charge is 2.27. The van der Waals surface area contributed by atoms with Gasteiger partial charge in [-0.15, -0.1) is 0 Å². The van der Waals surface area contributed by atoms with Crippen LogP contribution in [0.2, 0.25) is 0 Å². The summed E-state index contributed by atoms with van der Waals surface area (Å²) in [7, 11) is 0. The van der Waals surface area contributed by atoms with Crippen LogP contribution >= 0.6 is 0 Å². The number of esters is 1. The Morgan fingerprint density at radius 2 is 1.81 bits per heavy atom. The first-order valence-corrected chi connectivity index (χ1v) is 6.36. The van der Waals surface area contributed by atoms with Crippen molar-refractivity contribution in [3.63, 3.8) is 0 Å². The third-order valence-electron chi connectivity index (χ3n) is 2.72. The van der Waals surface area contributed by atoms with Crippen molar-refractivity contribution in [3.8, 4) is 0 Å². The lowest BCUT2D eigenvalue weighted by Gasteiger charge is -2.19. The Labute approximate surface area is 122 Å². The van der Waals surface area contributed by atoms with E-state index >= 15 is 0 Å². The average Bonchev–Trinajstić information content (AvgIpc) is 2.43. The molecule has 7 nitrogen and oxygen atoms in total. The fourth-order valence-electron chi connectivity index (χ4n) is 1.61. The van der Waals surface area contributed by atoms with Crippen molar-refractivity contribution < 1.29 is 24.2 Å². The van der Waals surface area contributed by atoms with E-state index in [1.54, 1.807) is 26.0 Å². The molecule has 0 aliphatic carbocycles. The van der Waals surface area contributed by atoms with Crippen LogP contribution < -0.4 is 11.1 Å². The van der Waals surface area contributed by atoms with Gasteiger partial charge in [-0.3, -0.25) is 10.1 Å². The molecule has 0 spiro atoms. The van der Waals surface area contributed by atoms with Crippen LogP contribution in [0.25, 0.3) is 0 Å². The molecule has 7 heteroatoms. The van der Waals surface area contributed by atoms with E-state index in [1.807, 2.05) is 5.32 Å². The zero-order valence-corrected chi connectivity index (χ0v) is 11.8. The van der Waals surface area contributed by atoms with Crippen LogP contribution in [0, 0.1) is 5.92 Å².